The Morgan fingerprint density at radius 2 is 0.618 bits per heavy atom. The number of hydrogen-bond donors (Lipinski definition) is 3. The topological polar surface area (TPSA) is 422 Å². The van der Waals surface area contributed by atoms with Crippen LogP contribution in [-0.4, -0.2) is 159 Å². The van der Waals surface area contributed by atoms with Gasteiger partial charge in [-0.15, -0.1) is 0 Å². The molecule has 0 bridgehead atoms. The summed E-state index contributed by atoms with van der Waals surface area (Å²) in [6, 6.07) is 0.143. The van der Waals surface area contributed by atoms with Crippen molar-refractivity contribution in [2.75, 3.05) is 35.8 Å². The van der Waals surface area contributed by atoms with E-state index in [0.717, 1.165) is 77.0 Å². The first-order valence-electron chi connectivity index (χ1n) is 45.2. The zero-order valence-electron chi connectivity index (χ0n) is 78.8. The molecule has 12 aromatic rings. The van der Waals surface area contributed by atoms with Gasteiger partial charge in [-0.25, -0.2) is 33.6 Å². The van der Waals surface area contributed by atoms with Gasteiger partial charge in [0.05, 0.1) is 107 Å². The average Bonchev–Trinajstić information content (AvgIpc) is 1.70. The van der Waals surface area contributed by atoms with Crippen LogP contribution in [0, 0.1) is 32.5 Å². The van der Waals surface area contributed by atoms with Gasteiger partial charge in [0.1, 0.15) is 53.0 Å². The monoisotopic (exact) mass is 1810 g/mol. The number of ether oxygens (including phenoxy) is 3. The SMILES string of the molecule is CCOC1CCC(n2cc(NC(=O)c3coc(-c4cnn(C(OP(=O)(OC(n5cc(-c6nc(C(=O)Nc7cn(C8CCC(OCC)CC8)nc7-c7cnccn7)co6)cn5)(C(C)(C)C)C(C)(C)C)OC(n5cc(-c6nc(C(=O)Nc7cn(C8CCC(OCC)CC8)nc7-c7cnccn7)co6)cn5)(C(C)(C)C)C(C)(C)C)(C(C)(C)C)C(C)(C)C)c4)n3)c(-c3cnccn3)n2)CC1. The number of aromatic nitrogens is 21. The predicted molar refractivity (Wildman–Crippen MR) is 487 cm³/mol. The summed E-state index contributed by atoms with van der Waals surface area (Å²) in [4.78, 5) is 85.0. The Bertz CT molecular complexity index is 5360. The van der Waals surface area contributed by atoms with Crippen LogP contribution in [0.2, 0.25) is 0 Å². The molecule has 0 unspecified atom stereocenters. The predicted octanol–water partition coefficient (Wildman–Crippen LogP) is 19.3. The van der Waals surface area contributed by atoms with Gasteiger partial charge in [-0.1, -0.05) is 125 Å². The molecule has 0 spiro atoms. The second-order valence-electron chi connectivity index (χ2n) is 40.2. The summed E-state index contributed by atoms with van der Waals surface area (Å²) in [5.41, 5.74) is -8.10. The minimum Gasteiger partial charge on any atom is -0.444 e. The molecule has 38 heteroatoms. The Morgan fingerprint density at radius 3 is 0.840 bits per heavy atom. The van der Waals surface area contributed by atoms with Crippen molar-refractivity contribution in [1.82, 2.24) is 104 Å². The van der Waals surface area contributed by atoms with E-state index in [2.05, 4.69) is 45.9 Å². The van der Waals surface area contributed by atoms with Crippen molar-refractivity contribution in [3.8, 4) is 68.5 Å². The molecule has 0 radical (unpaired) electrons. The summed E-state index contributed by atoms with van der Waals surface area (Å²) < 4.78 is 89.8. The molecule has 12 aromatic heterocycles. The van der Waals surface area contributed by atoms with E-state index in [1.54, 1.807) is 88.4 Å². The fourth-order valence-corrected chi connectivity index (χ4v) is 22.8. The minimum absolute atomic E-state index is 0.0165. The highest BCUT2D eigenvalue weighted by atomic mass is 31.2. The van der Waals surface area contributed by atoms with Crippen LogP contribution in [0.5, 0.6) is 0 Å². The Hall–Kier alpha value is -11.5. The summed E-state index contributed by atoms with van der Waals surface area (Å²) >= 11 is 0. The molecule has 3 saturated carbocycles. The molecule has 3 amide bonds. The first-order chi connectivity index (χ1) is 62.1. The molecule has 698 valence electrons. The maximum absolute atomic E-state index is 18.8. The fourth-order valence-electron chi connectivity index (χ4n) is 19.8. The van der Waals surface area contributed by atoms with Crippen molar-refractivity contribution in [2.24, 2.45) is 32.5 Å². The van der Waals surface area contributed by atoms with E-state index < -0.39 is 75.2 Å². The largest absolute Gasteiger partial charge is 0.481 e. The maximum atomic E-state index is 18.8. The van der Waals surface area contributed by atoms with E-state index in [1.807, 2.05) is 178 Å². The fraction of sp³-hybridized carbons (Fsp3) is 0.548. The number of nitrogens with zero attached hydrogens (tertiary/aromatic N) is 21. The van der Waals surface area contributed by atoms with Crippen molar-refractivity contribution < 1.29 is 60.0 Å². The Kier molecular flexibility index (Phi) is 26.6. The smallest absolute Gasteiger partial charge is 0.444 e. The quantitative estimate of drug-likeness (QED) is 0.0352. The minimum atomic E-state index is -5.62. The molecule has 3 aliphatic carbocycles. The first kappa shape index (κ1) is 94.2. The van der Waals surface area contributed by atoms with E-state index in [-0.39, 0.29) is 71.2 Å². The molecule has 131 heavy (non-hydrogen) atoms. The van der Waals surface area contributed by atoms with Crippen molar-refractivity contribution in [3.05, 3.63) is 147 Å². The van der Waals surface area contributed by atoms with Crippen molar-refractivity contribution in [2.45, 2.75) is 276 Å². The van der Waals surface area contributed by atoms with Gasteiger partial charge in [0.25, 0.3) is 17.7 Å². The molecule has 3 aliphatic rings. The van der Waals surface area contributed by atoms with Crippen molar-refractivity contribution in [1.29, 1.82) is 0 Å². The third kappa shape index (κ3) is 18.9. The summed E-state index contributed by atoms with van der Waals surface area (Å²) in [6.07, 6.45) is 43.7. The number of phosphoric acid groups is 1. The van der Waals surface area contributed by atoms with Crippen LogP contribution in [-0.2, 0) is 49.5 Å². The van der Waals surface area contributed by atoms with Crippen LogP contribution in [0.15, 0.2) is 144 Å². The number of carbonyl (C=O) groups is 3. The molecule has 15 rings (SSSR count). The zero-order chi connectivity index (χ0) is 93.6. The molecular weight excluding hydrogens is 1690 g/mol. The van der Waals surface area contributed by atoms with E-state index in [1.165, 1.54) is 37.4 Å². The molecule has 12 heterocycles. The second kappa shape index (κ2) is 36.9. The molecule has 0 atom stereocenters. The van der Waals surface area contributed by atoms with E-state index in [9.17, 15) is 14.4 Å². The maximum Gasteiger partial charge on any atom is 0.481 e. The van der Waals surface area contributed by atoms with Gasteiger partial charge in [0.2, 0.25) is 17.7 Å². The van der Waals surface area contributed by atoms with Gasteiger partial charge in [0, 0.05) is 127 Å². The van der Waals surface area contributed by atoms with E-state index in [4.69, 9.17) is 86.6 Å². The van der Waals surface area contributed by atoms with Gasteiger partial charge in [-0.05, 0) is 97.8 Å². The molecule has 37 nitrogen and oxygen atoms in total. The Morgan fingerprint density at radius 1 is 0.366 bits per heavy atom. The molecule has 3 N–H and O–H groups in total. The van der Waals surface area contributed by atoms with Crippen LogP contribution < -0.4 is 16.0 Å². The van der Waals surface area contributed by atoms with Crippen molar-refractivity contribution in [3.63, 3.8) is 0 Å². The molecule has 3 fully saturated rings. The highest BCUT2D eigenvalue weighted by molar-refractivity contribution is 7.48. The van der Waals surface area contributed by atoms with Gasteiger partial charge >= 0.3 is 7.82 Å². The highest BCUT2D eigenvalue weighted by Gasteiger charge is 2.68. The van der Waals surface area contributed by atoms with Crippen LogP contribution in [0.1, 0.15) is 272 Å². The molecule has 0 saturated heterocycles. The van der Waals surface area contributed by atoms with Crippen LogP contribution in [0.4, 0.5) is 17.1 Å². The van der Waals surface area contributed by atoms with Crippen molar-refractivity contribution >= 4 is 42.6 Å². The third-order valence-corrected chi connectivity index (χ3v) is 26.6. The second-order valence-corrected chi connectivity index (χ2v) is 41.6. The van der Waals surface area contributed by atoms with Gasteiger partial charge < -0.3 is 43.4 Å². The number of amides is 3. The number of phosphoric ester groups is 1. The number of anilines is 3. The highest BCUT2D eigenvalue weighted by Crippen LogP contribution is 2.72. The standard InChI is InChI=1S/C93H123N24O13P/c1-22-122-64-31-25-61(26-32-64)112-52-70(76(109-112)67-46-94-37-40-97-67)103-79(118)73-55-125-82(106-73)58-43-100-115(49-58)91(85(4,5)6,86(7,8)9)128-131(121,129-92(87(10,11)12,88(13,14)15)116-50-59(44-101-116)83-107-74(56-126-83)80(119)104-71-53-113(62-27-33-65(34-28-62)123-23-2)110-77(71)68-47-95-38-41-98-68)130-93(89(16,17)18,90(19,20)21)117-51-60(45-102-117)84-108-75(57-127-84)81(120)105-72-54-114(63-29-35-66(36-30-63)124-24-3)111-78(72)69-48-96-39-42-99-69/h37-57,61-66H,22-36H2,1-21H3,(H,103,118)(H,104,119)(H,105,120). The zero-order valence-corrected chi connectivity index (χ0v) is 79.7. The number of oxazole rings is 3. The number of hydrogen-bond acceptors (Lipinski definition) is 28. The number of nitrogens with one attached hydrogen (secondary N) is 3. The third-order valence-electron chi connectivity index (χ3n) is 25.1. The summed E-state index contributed by atoms with van der Waals surface area (Å²) in [7, 11) is -5.62. The van der Waals surface area contributed by atoms with Gasteiger partial charge in [-0.3, -0.25) is 71.9 Å². The van der Waals surface area contributed by atoms with Gasteiger partial charge in [0.15, 0.2) is 34.3 Å². The summed E-state index contributed by atoms with van der Waals surface area (Å²) in [5, 5.41) is 39.5. The summed E-state index contributed by atoms with van der Waals surface area (Å²) in [6.45, 7) is 42.9. The van der Waals surface area contributed by atoms with E-state index in [0.29, 0.717) is 87.7 Å². The lowest BCUT2D eigenvalue weighted by Gasteiger charge is -2.58. The molecular formula is C93H123N24O13P. The van der Waals surface area contributed by atoms with Gasteiger partial charge in [-0.2, -0.15) is 30.6 Å². The lowest BCUT2D eigenvalue weighted by Crippen LogP contribution is -2.61. The lowest BCUT2D eigenvalue weighted by atomic mass is 9.68. The Labute approximate surface area is 762 Å². The van der Waals surface area contributed by atoms with Crippen LogP contribution in [0.3, 0.4) is 0 Å². The molecule has 0 aromatic carbocycles. The summed E-state index contributed by atoms with van der Waals surface area (Å²) in [5.74, 6) is -1.72. The first-order valence-corrected chi connectivity index (χ1v) is 46.6. The number of carbonyl (C=O) groups excluding carboxylic acids is 3. The van der Waals surface area contributed by atoms with Crippen LogP contribution in [0.25, 0.3) is 68.5 Å². The number of rotatable bonds is 30. The lowest BCUT2D eigenvalue weighted by molar-refractivity contribution is -0.267. The molecule has 0 aliphatic heterocycles. The Balaban J connectivity index is 0.803. The average molecular weight is 1820 g/mol. The van der Waals surface area contributed by atoms with Crippen LogP contribution >= 0.6 is 7.82 Å². The normalized spacial score (nSPS) is 18.8. The van der Waals surface area contributed by atoms with E-state index >= 15 is 4.57 Å².